The first-order valence-corrected chi connectivity index (χ1v) is 10.3. The third-order valence-electron chi connectivity index (χ3n) is 2.04. The van der Waals surface area contributed by atoms with Crippen LogP contribution in [-0.4, -0.2) is 42.0 Å². The molecule has 2 N–H and O–H groups in total. The average molecular weight is 313 g/mol. The summed E-state index contributed by atoms with van der Waals surface area (Å²) in [7, 11) is 0. The van der Waals surface area contributed by atoms with Gasteiger partial charge in [-0.3, -0.25) is 4.79 Å². The summed E-state index contributed by atoms with van der Waals surface area (Å²) in [6.07, 6.45) is 0. The summed E-state index contributed by atoms with van der Waals surface area (Å²) in [5.41, 5.74) is -2.00. The molecular formula is C10H20NO4PS2. The van der Waals surface area contributed by atoms with Crippen LogP contribution in [0.4, 0.5) is 0 Å². The van der Waals surface area contributed by atoms with Gasteiger partial charge >= 0.3 is 5.97 Å². The lowest BCUT2D eigenvalue weighted by atomic mass is 10.1. The highest BCUT2D eigenvalue weighted by Crippen LogP contribution is 2.56. The molecule has 0 spiro atoms. The number of amides is 1. The molecule has 0 rings (SSSR count). The van der Waals surface area contributed by atoms with E-state index in [1.807, 2.05) is 6.92 Å². The van der Waals surface area contributed by atoms with E-state index in [0.29, 0.717) is 6.61 Å². The lowest BCUT2D eigenvalue weighted by Crippen LogP contribution is -2.45. The van der Waals surface area contributed by atoms with Crippen molar-refractivity contribution in [3.8, 4) is 0 Å². The van der Waals surface area contributed by atoms with Crippen molar-refractivity contribution in [1.82, 2.24) is 5.32 Å². The summed E-state index contributed by atoms with van der Waals surface area (Å²) < 4.78 is 5.37. The number of carboxylic acid groups (broad SMARTS) is 1. The van der Waals surface area contributed by atoms with E-state index in [0.717, 1.165) is 0 Å². The topological polar surface area (TPSA) is 75.6 Å². The number of carboxylic acids is 1. The predicted molar refractivity (Wildman–Crippen MR) is 78.7 cm³/mol. The van der Waals surface area contributed by atoms with E-state index in [-0.39, 0.29) is 17.6 Å². The molecule has 0 bridgehead atoms. The molecule has 2 atom stereocenters. The molecule has 0 aromatic rings. The average Bonchev–Trinajstić information content (AvgIpc) is 2.22. The Morgan fingerprint density at radius 3 is 2.44 bits per heavy atom. The Hall–Kier alpha value is -0.100. The van der Waals surface area contributed by atoms with Crippen molar-refractivity contribution in [1.29, 1.82) is 0 Å². The van der Waals surface area contributed by atoms with E-state index in [4.69, 9.17) is 21.4 Å². The maximum Gasteiger partial charge on any atom is 0.326 e. The molecule has 0 aliphatic heterocycles. The molecule has 0 aliphatic carbocycles. The molecule has 0 aromatic heterocycles. The maximum absolute atomic E-state index is 11.6. The first-order valence-electron chi connectivity index (χ1n) is 5.58. The monoisotopic (exact) mass is 313 g/mol. The Morgan fingerprint density at radius 2 is 2.06 bits per heavy atom. The first kappa shape index (κ1) is 17.9. The molecule has 18 heavy (non-hydrogen) atoms. The fourth-order valence-electron chi connectivity index (χ4n) is 1.18. The van der Waals surface area contributed by atoms with Crippen molar-refractivity contribution in [2.24, 2.45) is 5.92 Å². The van der Waals surface area contributed by atoms with Gasteiger partial charge in [-0.25, -0.2) is 4.79 Å². The number of carbonyl (C=O) groups is 2. The molecule has 0 unspecified atom stereocenters. The number of nitrogens with one attached hydrogen (secondary N) is 1. The minimum Gasteiger partial charge on any atom is -0.480 e. The van der Waals surface area contributed by atoms with Gasteiger partial charge in [-0.15, -0.1) is 0 Å². The van der Waals surface area contributed by atoms with Crippen LogP contribution in [0.5, 0.6) is 0 Å². The second kappa shape index (κ2) is 8.15. The van der Waals surface area contributed by atoms with Gasteiger partial charge in [0.15, 0.2) is 0 Å². The van der Waals surface area contributed by atoms with Gasteiger partial charge in [-0.1, -0.05) is 37.0 Å². The zero-order valence-electron chi connectivity index (χ0n) is 11.0. The Morgan fingerprint density at radius 1 is 1.50 bits per heavy atom. The van der Waals surface area contributed by atoms with Gasteiger partial charge in [-0.05, 0) is 19.5 Å². The van der Waals surface area contributed by atoms with Crippen LogP contribution in [0.3, 0.4) is 0 Å². The Kier molecular flexibility index (Phi) is 8.10. The van der Waals surface area contributed by atoms with Crippen LogP contribution in [0.1, 0.15) is 20.8 Å². The summed E-state index contributed by atoms with van der Waals surface area (Å²) in [4.78, 5) is 22.6. The normalized spacial score (nSPS) is 16.1. The zero-order valence-corrected chi connectivity index (χ0v) is 13.5. The number of carbonyl (C=O) groups excluding carboxylic acids is 1. The van der Waals surface area contributed by atoms with E-state index in [2.05, 4.69) is 5.32 Å². The summed E-state index contributed by atoms with van der Waals surface area (Å²) >= 11 is 6.51. The van der Waals surface area contributed by atoms with Crippen LogP contribution in [0.2, 0.25) is 0 Å². The third kappa shape index (κ3) is 7.36. The van der Waals surface area contributed by atoms with Gasteiger partial charge in [0.05, 0.1) is 5.75 Å². The van der Waals surface area contributed by atoms with Gasteiger partial charge in [0.2, 0.25) is 5.91 Å². The van der Waals surface area contributed by atoms with Crippen LogP contribution < -0.4 is 5.32 Å². The number of rotatable bonds is 8. The molecular weight excluding hydrogens is 293 g/mol. The summed E-state index contributed by atoms with van der Waals surface area (Å²) in [6, 6.07) is -0.861. The first-order chi connectivity index (χ1) is 8.19. The van der Waals surface area contributed by atoms with E-state index in [1.165, 1.54) is 11.4 Å². The second-order valence-corrected chi connectivity index (χ2v) is 12.1. The lowest BCUT2D eigenvalue weighted by Gasteiger charge is -2.19. The third-order valence-corrected chi connectivity index (χ3v) is 7.01. The molecule has 0 saturated carbocycles. The fourth-order valence-corrected chi connectivity index (χ4v) is 4.54. The fraction of sp³-hybridized carbons (Fsp3) is 0.800. The van der Waals surface area contributed by atoms with E-state index >= 15 is 0 Å². The van der Waals surface area contributed by atoms with Gasteiger partial charge in [-0.2, -0.15) is 0 Å². The Labute approximate surface area is 117 Å². The van der Waals surface area contributed by atoms with Crippen LogP contribution in [0.15, 0.2) is 0 Å². The molecule has 0 fully saturated rings. The molecule has 0 saturated heterocycles. The largest absolute Gasteiger partial charge is 0.480 e. The molecule has 0 aliphatic rings. The predicted octanol–water partition coefficient (Wildman–Crippen LogP) is 1.92. The lowest BCUT2D eigenvalue weighted by molar-refractivity contribution is -0.142. The van der Waals surface area contributed by atoms with Gasteiger partial charge in [0, 0.05) is 6.61 Å². The molecule has 0 radical (unpaired) electrons. The van der Waals surface area contributed by atoms with Crippen molar-refractivity contribution >= 4 is 40.5 Å². The minimum absolute atomic E-state index is 0.129. The molecule has 5 nitrogen and oxygen atoms in total. The number of hydrogen-bond acceptors (Lipinski definition) is 5. The summed E-state index contributed by atoms with van der Waals surface area (Å²) in [6.45, 7) is 7.67. The van der Waals surface area contributed by atoms with Gasteiger partial charge in [0.25, 0.3) is 0 Å². The highest BCUT2D eigenvalue weighted by molar-refractivity contribution is 8.69. The molecule has 0 heterocycles. The standard InChI is InChI=1S/C10H20NO4PS2/c1-5-15-16(4,17)18-6-8(12)11-9(7(2)3)10(13)14/h7,9H,5-6H2,1-4H3,(H,11,12)(H,13,14)/t9-,16-/m0/s1. The highest BCUT2D eigenvalue weighted by Gasteiger charge is 2.24. The van der Waals surface area contributed by atoms with Gasteiger partial charge < -0.3 is 14.9 Å². The van der Waals surface area contributed by atoms with Crippen LogP contribution in [-0.2, 0) is 25.9 Å². The molecule has 8 heteroatoms. The minimum atomic E-state index is -2.00. The SMILES string of the molecule is CCO[P@@](C)(=S)SCC(=O)N[C@H](C(=O)O)C(C)C. The zero-order chi connectivity index (χ0) is 14.3. The van der Waals surface area contributed by atoms with E-state index < -0.39 is 17.5 Å². The number of aliphatic carboxylic acids is 1. The molecule has 0 aromatic carbocycles. The van der Waals surface area contributed by atoms with Crippen LogP contribution >= 0.6 is 16.8 Å². The van der Waals surface area contributed by atoms with Crippen LogP contribution in [0, 0.1) is 5.92 Å². The number of hydrogen-bond donors (Lipinski definition) is 2. The second-order valence-electron chi connectivity index (χ2n) is 4.09. The van der Waals surface area contributed by atoms with E-state index in [1.54, 1.807) is 20.5 Å². The van der Waals surface area contributed by atoms with Crippen molar-refractivity contribution in [2.45, 2.75) is 26.8 Å². The molecule has 106 valence electrons. The van der Waals surface area contributed by atoms with Crippen molar-refractivity contribution in [2.75, 3.05) is 19.0 Å². The maximum atomic E-state index is 11.6. The highest BCUT2D eigenvalue weighted by atomic mass is 32.9. The van der Waals surface area contributed by atoms with Crippen LogP contribution in [0.25, 0.3) is 0 Å². The van der Waals surface area contributed by atoms with Crippen molar-refractivity contribution in [3.05, 3.63) is 0 Å². The van der Waals surface area contributed by atoms with Gasteiger partial charge in [0.1, 0.15) is 11.5 Å². The van der Waals surface area contributed by atoms with E-state index in [9.17, 15) is 9.59 Å². The Bertz CT molecular complexity index is 349. The van der Waals surface area contributed by atoms with Crippen molar-refractivity contribution < 1.29 is 19.2 Å². The van der Waals surface area contributed by atoms with Crippen molar-refractivity contribution in [3.63, 3.8) is 0 Å². The molecule has 1 amide bonds. The summed E-state index contributed by atoms with van der Waals surface area (Å²) in [5, 5.41) is 11.4. The smallest absolute Gasteiger partial charge is 0.326 e. The quantitative estimate of drug-likeness (QED) is 0.667. The summed E-state index contributed by atoms with van der Waals surface area (Å²) in [5.74, 6) is -1.38. The Balaban J connectivity index is 4.27.